The Morgan fingerprint density at radius 3 is 2.57 bits per heavy atom. The van der Waals surface area contributed by atoms with Gasteiger partial charge in [-0.2, -0.15) is 5.10 Å². The molecular formula is C22H27N5O3. The lowest BCUT2D eigenvalue weighted by molar-refractivity contribution is -0.134. The maximum Gasteiger partial charge on any atom is 0.325 e. The summed E-state index contributed by atoms with van der Waals surface area (Å²) < 4.78 is 1.92. The first-order valence-electron chi connectivity index (χ1n) is 10.4. The van der Waals surface area contributed by atoms with Crippen molar-refractivity contribution in [1.82, 2.24) is 25.3 Å². The molecule has 1 aromatic heterocycles. The topological polar surface area (TPSA) is 96.3 Å². The first-order valence-corrected chi connectivity index (χ1v) is 10.4. The summed E-state index contributed by atoms with van der Waals surface area (Å²) in [5.74, 6) is -0.633. The van der Waals surface area contributed by atoms with E-state index in [9.17, 15) is 14.4 Å². The van der Waals surface area contributed by atoms with Crippen molar-refractivity contribution in [3.8, 4) is 0 Å². The van der Waals surface area contributed by atoms with Crippen LogP contribution in [-0.2, 0) is 22.7 Å². The zero-order valence-corrected chi connectivity index (χ0v) is 17.4. The largest absolute Gasteiger partial charge is 0.350 e. The van der Waals surface area contributed by atoms with Crippen molar-refractivity contribution in [2.24, 2.45) is 0 Å². The fourth-order valence-corrected chi connectivity index (χ4v) is 4.42. The number of carbonyl (C=O) groups excluding carboxylic acids is 3. The highest BCUT2D eigenvalue weighted by atomic mass is 16.2. The quantitative estimate of drug-likeness (QED) is 0.714. The van der Waals surface area contributed by atoms with Gasteiger partial charge in [0.25, 0.3) is 5.91 Å². The Morgan fingerprint density at radius 1 is 1.17 bits per heavy atom. The molecule has 1 saturated heterocycles. The van der Waals surface area contributed by atoms with Gasteiger partial charge in [-0.3, -0.25) is 19.2 Å². The molecule has 8 nitrogen and oxygen atoms in total. The summed E-state index contributed by atoms with van der Waals surface area (Å²) in [5, 5.41) is 10.2. The highest BCUT2D eigenvalue weighted by molar-refractivity contribution is 6.09. The lowest BCUT2D eigenvalue weighted by Gasteiger charge is -2.19. The van der Waals surface area contributed by atoms with Crippen LogP contribution in [0.3, 0.4) is 0 Å². The number of rotatable bonds is 6. The van der Waals surface area contributed by atoms with Crippen molar-refractivity contribution in [2.45, 2.75) is 58.2 Å². The molecule has 4 rings (SSSR count). The van der Waals surface area contributed by atoms with E-state index < -0.39 is 11.6 Å². The van der Waals surface area contributed by atoms with Crippen LogP contribution in [-0.4, -0.2) is 44.6 Å². The van der Waals surface area contributed by atoms with Gasteiger partial charge in [-0.05, 0) is 32.3 Å². The monoisotopic (exact) mass is 409 g/mol. The number of nitrogens with one attached hydrogen (secondary N) is 2. The van der Waals surface area contributed by atoms with Crippen molar-refractivity contribution in [1.29, 1.82) is 0 Å². The molecule has 1 aromatic carbocycles. The fourth-order valence-electron chi connectivity index (χ4n) is 4.42. The Labute approximate surface area is 175 Å². The third-order valence-electron chi connectivity index (χ3n) is 6.17. The average Bonchev–Trinajstić information content (AvgIpc) is 3.36. The van der Waals surface area contributed by atoms with E-state index in [1.165, 1.54) is 0 Å². The highest BCUT2D eigenvalue weighted by Gasteiger charge is 2.52. The Bertz CT molecular complexity index is 976. The smallest absolute Gasteiger partial charge is 0.325 e. The summed E-state index contributed by atoms with van der Waals surface area (Å²) in [6.07, 6.45) is 3.12. The number of urea groups is 1. The van der Waals surface area contributed by atoms with Crippen LogP contribution in [0.15, 0.2) is 30.3 Å². The van der Waals surface area contributed by atoms with Crippen LogP contribution in [0, 0.1) is 13.8 Å². The van der Waals surface area contributed by atoms with E-state index >= 15 is 0 Å². The predicted molar refractivity (Wildman–Crippen MR) is 111 cm³/mol. The Kier molecular flexibility index (Phi) is 5.32. The van der Waals surface area contributed by atoms with Gasteiger partial charge in [-0.1, -0.05) is 43.2 Å². The first kappa shape index (κ1) is 20.1. The van der Waals surface area contributed by atoms with Crippen LogP contribution in [0.1, 0.15) is 48.2 Å². The van der Waals surface area contributed by atoms with Gasteiger partial charge in [0.05, 0.1) is 12.2 Å². The highest BCUT2D eigenvalue weighted by Crippen LogP contribution is 2.34. The lowest BCUT2D eigenvalue weighted by Crippen LogP contribution is -2.45. The number of hydrogen-bond donors (Lipinski definition) is 2. The van der Waals surface area contributed by atoms with E-state index in [2.05, 4.69) is 15.7 Å². The standard InChI is InChI=1S/C22H27N5O3/c1-15-18(16(2)27(25-15)13-17-8-4-3-5-9-17)12-23-19(28)14-26-20(29)22(24-21(26)30)10-6-7-11-22/h3-5,8-9H,6-7,10-14H2,1-2H3,(H,23,28)(H,24,30). The Balaban J connectivity index is 1.37. The van der Waals surface area contributed by atoms with Gasteiger partial charge in [0.1, 0.15) is 12.1 Å². The summed E-state index contributed by atoms with van der Waals surface area (Å²) in [6, 6.07) is 9.59. The lowest BCUT2D eigenvalue weighted by atomic mass is 9.98. The summed E-state index contributed by atoms with van der Waals surface area (Å²) >= 11 is 0. The normalized spacial score (nSPS) is 17.6. The fraction of sp³-hybridized carbons (Fsp3) is 0.455. The number of hydrogen-bond acceptors (Lipinski definition) is 4. The summed E-state index contributed by atoms with van der Waals surface area (Å²) in [6.45, 7) is 4.59. The average molecular weight is 409 g/mol. The van der Waals surface area contributed by atoms with Crippen LogP contribution in [0.5, 0.6) is 0 Å². The molecule has 4 amide bonds. The third-order valence-corrected chi connectivity index (χ3v) is 6.17. The number of aromatic nitrogens is 2. The third kappa shape index (κ3) is 3.69. The van der Waals surface area contributed by atoms with E-state index in [4.69, 9.17) is 0 Å². The van der Waals surface area contributed by atoms with Crippen molar-refractivity contribution in [2.75, 3.05) is 6.54 Å². The molecule has 2 heterocycles. The second-order valence-electron chi connectivity index (χ2n) is 8.18. The van der Waals surface area contributed by atoms with Gasteiger partial charge in [0.2, 0.25) is 5.91 Å². The van der Waals surface area contributed by atoms with E-state index in [0.29, 0.717) is 25.9 Å². The maximum absolute atomic E-state index is 12.7. The predicted octanol–water partition coefficient (Wildman–Crippen LogP) is 2.03. The van der Waals surface area contributed by atoms with Gasteiger partial charge < -0.3 is 10.6 Å². The second kappa shape index (κ2) is 7.93. The van der Waals surface area contributed by atoms with Gasteiger partial charge in [0.15, 0.2) is 0 Å². The van der Waals surface area contributed by atoms with Gasteiger partial charge in [-0.15, -0.1) is 0 Å². The van der Waals surface area contributed by atoms with Crippen LogP contribution in [0.4, 0.5) is 4.79 Å². The molecule has 0 unspecified atom stereocenters. The number of nitrogens with zero attached hydrogens (tertiary/aromatic N) is 3. The summed E-state index contributed by atoms with van der Waals surface area (Å²) in [5.41, 5.74) is 3.14. The second-order valence-corrected chi connectivity index (χ2v) is 8.18. The number of benzene rings is 1. The van der Waals surface area contributed by atoms with Crippen LogP contribution in [0.2, 0.25) is 0 Å². The summed E-state index contributed by atoms with van der Waals surface area (Å²) in [4.78, 5) is 38.4. The zero-order valence-electron chi connectivity index (χ0n) is 17.4. The van der Waals surface area contributed by atoms with Crippen LogP contribution < -0.4 is 10.6 Å². The SMILES string of the molecule is Cc1nn(Cc2ccccc2)c(C)c1CNC(=O)CN1C(=O)NC2(CCCC2)C1=O. The molecule has 0 radical (unpaired) electrons. The maximum atomic E-state index is 12.7. The number of carbonyl (C=O) groups is 3. The molecule has 1 aliphatic carbocycles. The Hall–Kier alpha value is -3.16. The molecule has 2 fully saturated rings. The van der Waals surface area contributed by atoms with Crippen LogP contribution in [0.25, 0.3) is 0 Å². The zero-order chi connectivity index (χ0) is 21.3. The minimum atomic E-state index is -0.789. The number of amides is 4. The molecule has 2 N–H and O–H groups in total. The molecule has 158 valence electrons. The van der Waals surface area contributed by atoms with E-state index in [1.54, 1.807) is 0 Å². The summed E-state index contributed by atoms with van der Waals surface area (Å²) in [7, 11) is 0. The molecule has 2 aliphatic rings. The molecule has 1 saturated carbocycles. The Morgan fingerprint density at radius 2 is 1.87 bits per heavy atom. The van der Waals surface area contributed by atoms with Crippen molar-refractivity contribution in [3.63, 3.8) is 0 Å². The van der Waals surface area contributed by atoms with Gasteiger partial charge in [-0.25, -0.2) is 4.79 Å². The molecule has 0 bridgehead atoms. The van der Waals surface area contributed by atoms with E-state index in [-0.39, 0.29) is 18.4 Å². The minimum absolute atomic E-state index is 0.261. The van der Waals surface area contributed by atoms with Gasteiger partial charge >= 0.3 is 6.03 Å². The number of aryl methyl sites for hydroxylation is 1. The van der Waals surface area contributed by atoms with Crippen molar-refractivity contribution >= 4 is 17.8 Å². The van der Waals surface area contributed by atoms with E-state index in [0.717, 1.165) is 40.3 Å². The van der Waals surface area contributed by atoms with Crippen molar-refractivity contribution in [3.05, 3.63) is 52.8 Å². The number of imide groups is 1. The molecule has 1 aliphatic heterocycles. The van der Waals surface area contributed by atoms with Crippen molar-refractivity contribution < 1.29 is 14.4 Å². The molecule has 0 atom stereocenters. The molecule has 30 heavy (non-hydrogen) atoms. The van der Waals surface area contributed by atoms with E-state index in [1.807, 2.05) is 48.9 Å². The first-order chi connectivity index (χ1) is 14.4. The molecule has 8 heteroatoms. The molecule has 2 aromatic rings. The molecule has 1 spiro atoms. The van der Waals surface area contributed by atoms with Crippen LogP contribution >= 0.6 is 0 Å². The molecular weight excluding hydrogens is 382 g/mol. The minimum Gasteiger partial charge on any atom is -0.350 e. The van der Waals surface area contributed by atoms with Gasteiger partial charge in [0, 0.05) is 17.8 Å².